The molecule has 4 heteroatoms. The van der Waals surface area contributed by atoms with E-state index in [1.807, 2.05) is 27.0 Å². The van der Waals surface area contributed by atoms with Gasteiger partial charge in [0.15, 0.2) is 0 Å². The average Bonchev–Trinajstić information content (AvgIpc) is 2.66. The lowest BCUT2D eigenvalue weighted by Gasteiger charge is -1.91. The molecule has 2 heterocycles. The molecule has 0 aliphatic rings. The predicted octanol–water partition coefficient (Wildman–Crippen LogP) is 1.88. The molecule has 2 aromatic heterocycles. The Morgan fingerprint density at radius 3 is 2.57 bits per heavy atom. The van der Waals surface area contributed by atoms with Gasteiger partial charge in [-0.3, -0.25) is 4.68 Å². The van der Waals surface area contributed by atoms with E-state index in [9.17, 15) is 0 Å². The van der Waals surface area contributed by atoms with Gasteiger partial charge in [0, 0.05) is 18.2 Å². The van der Waals surface area contributed by atoms with Crippen LogP contribution in [-0.4, -0.2) is 9.78 Å². The molecule has 0 unspecified atom stereocenters. The molecular formula is C10H13N3O. The highest BCUT2D eigenvalue weighted by Gasteiger charge is 2.12. The van der Waals surface area contributed by atoms with Gasteiger partial charge in [-0.05, 0) is 19.9 Å². The first-order valence-electron chi connectivity index (χ1n) is 4.44. The normalized spacial score (nSPS) is 10.8. The molecule has 2 N–H and O–H groups in total. The molecule has 0 fully saturated rings. The topological polar surface area (TPSA) is 57.0 Å². The lowest BCUT2D eigenvalue weighted by molar-refractivity contribution is 0.534. The van der Waals surface area contributed by atoms with Crippen LogP contribution in [0.15, 0.2) is 16.7 Å². The second kappa shape index (κ2) is 2.90. The number of hydrogen-bond acceptors (Lipinski definition) is 3. The minimum Gasteiger partial charge on any atom is -0.469 e. The molecule has 0 aliphatic carbocycles. The lowest BCUT2D eigenvalue weighted by Crippen LogP contribution is -1.97. The summed E-state index contributed by atoms with van der Waals surface area (Å²) in [5.41, 5.74) is 8.68. The van der Waals surface area contributed by atoms with E-state index < -0.39 is 0 Å². The second-order valence-electron chi connectivity index (χ2n) is 3.43. The minimum atomic E-state index is 0.693. The minimum absolute atomic E-state index is 0.693. The maximum Gasteiger partial charge on any atom is 0.124 e. The maximum atomic E-state index is 5.82. The highest BCUT2D eigenvalue weighted by atomic mass is 16.3. The van der Waals surface area contributed by atoms with Crippen LogP contribution in [0, 0.1) is 13.8 Å². The summed E-state index contributed by atoms with van der Waals surface area (Å²) in [4.78, 5) is 0. The van der Waals surface area contributed by atoms with Crippen LogP contribution < -0.4 is 5.73 Å². The molecule has 0 saturated carbocycles. The van der Waals surface area contributed by atoms with Gasteiger partial charge in [-0.15, -0.1) is 0 Å². The number of rotatable bonds is 1. The summed E-state index contributed by atoms with van der Waals surface area (Å²) in [6.07, 6.45) is 1.70. The SMILES string of the molecule is Cc1cc(-c2nn(C)c(N)c2C)co1. The molecule has 0 spiro atoms. The first kappa shape index (κ1) is 8.87. The van der Waals surface area contributed by atoms with Crippen LogP contribution in [0.25, 0.3) is 11.3 Å². The summed E-state index contributed by atoms with van der Waals surface area (Å²) in [6, 6.07) is 1.95. The van der Waals surface area contributed by atoms with E-state index in [-0.39, 0.29) is 0 Å². The van der Waals surface area contributed by atoms with Gasteiger partial charge >= 0.3 is 0 Å². The van der Waals surface area contributed by atoms with E-state index in [0.717, 1.165) is 22.6 Å². The fraction of sp³-hybridized carbons (Fsp3) is 0.300. The number of aromatic nitrogens is 2. The van der Waals surface area contributed by atoms with Gasteiger partial charge in [0.25, 0.3) is 0 Å². The van der Waals surface area contributed by atoms with Crippen LogP contribution in [0.1, 0.15) is 11.3 Å². The molecule has 0 radical (unpaired) electrons. The third kappa shape index (κ3) is 1.19. The van der Waals surface area contributed by atoms with Crippen molar-refractivity contribution >= 4 is 5.82 Å². The quantitative estimate of drug-likeness (QED) is 0.748. The first-order chi connectivity index (χ1) is 6.59. The molecule has 74 valence electrons. The Morgan fingerprint density at radius 2 is 2.14 bits per heavy atom. The van der Waals surface area contributed by atoms with Crippen molar-refractivity contribution < 1.29 is 4.42 Å². The van der Waals surface area contributed by atoms with Gasteiger partial charge in [0.1, 0.15) is 23.5 Å². The lowest BCUT2D eigenvalue weighted by atomic mass is 10.1. The average molecular weight is 191 g/mol. The van der Waals surface area contributed by atoms with E-state index in [0.29, 0.717) is 5.82 Å². The summed E-state index contributed by atoms with van der Waals surface area (Å²) in [5, 5.41) is 4.32. The van der Waals surface area contributed by atoms with Crippen molar-refractivity contribution in [1.82, 2.24) is 9.78 Å². The molecule has 14 heavy (non-hydrogen) atoms. The summed E-state index contributed by atoms with van der Waals surface area (Å²) < 4.78 is 6.91. The van der Waals surface area contributed by atoms with Gasteiger partial charge in [-0.1, -0.05) is 0 Å². The largest absolute Gasteiger partial charge is 0.469 e. The van der Waals surface area contributed by atoms with E-state index >= 15 is 0 Å². The number of hydrogen-bond donors (Lipinski definition) is 1. The zero-order chi connectivity index (χ0) is 10.3. The number of nitrogen functional groups attached to an aromatic ring is 1. The summed E-state index contributed by atoms with van der Waals surface area (Å²) >= 11 is 0. The highest BCUT2D eigenvalue weighted by Crippen LogP contribution is 2.26. The van der Waals surface area contributed by atoms with Gasteiger partial charge in [0.2, 0.25) is 0 Å². The predicted molar refractivity (Wildman–Crippen MR) is 54.8 cm³/mol. The molecule has 2 aromatic rings. The molecule has 0 bridgehead atoms. The fourth-order valence-corrected chi connectivity index (χ4v) is 1.48. The summed E-state index contributed by atoms with van der Waals surface area (Å²) in [7, 11) is 1.83. The molecule has 0 aliphatic heterocycles. The molecule has 4 nitrogen and oxygen atoms in total. The van der Waals surface area contributed by atoms with Crippen LogP contribution in [0.2, 0.25) is 0 Å². The Balaban J connectivity index is 2.57. The van der Waals surface area contributed by atoms with Crippen LogP contribution in [0.4, 0.5) is 5.82 Å². The monoisotopic (exact) mass is 191 g/mol. The molecule has 0 amide bonds. The standard InChI is InChI=1S/C10H13N3O/c1-6-4-8(5-14-6)9-7(2)10(11)13(3)12-9/h4-5H,11H2,1-3H3. The zero-order valence-corrected chi connectivity index (χ0v) is 8.53. The molecule has 0 atom stereocenters. The van der Waals surface area contributed by atoms with Crippen LogP contribution >= 0.6 is 0 Å². The molecular weight excluding hydrogens is 178 g/mol. The van der Waals surface area contributed by atoms with Gasteiger partial charge in [0.05, 0.1) is 0 Å². The van der Waals surface area contributed by atoms with Crippen molar-refractivity contribution in [2.75, 3.05) is 5.73 Å². The van der Waals surface area contributed by atoms with Gasteiger partial charge in [-0.25, -0.2) is 0 Å². The number of nitrogens with two attached hydrogens (primary N) is 1. The number of anilines is 1. The highest BCUT2D eigenvalue weighted by molar-refractivity contribution is 5.67. The number of nitrogens with zero attached hydrogens (tertiary/aromatic N) is 2. The Bertz CT molecular complexity index is 468. The third-order valence-electron chi connectivity index (χ3n) is 2.34. The van der Waals surface area contributed by atoms with Crippen molar-refractivity contribution in [2.45, 2.75) is 13.8 Å². The molecule has 0 saturated heterocycles. The van der Waals surface area contributed by atoms with Crippen molar-refractivity contribution in [3.8, 4) is 11.3 Å². The Labute approximate surface area is 82.3 Å². The van der Waals surface area contributed by atoms with Crippen LogP contribution in [-0.2, 0) is 7.05 Å². The van der Waals surface area contributed by atoms with E-state index in [2.05, 4.69) is 5.10 Å². The fourth-order valence-electron chi connectivity index (χ4n) is 1.48. The Hall–Kier alpha value is -1.71. The smallest absolute Gasteiger partial charge is 0.124 e. The summed E-state index contributed by atoms with van der Waals surface area (Å²) in [5.74, 6) is 1.57. The first-order valence-corrected chi connectivity index (χ1v) is 4.44. The van der Waals surface area contributed by atoms with Crippen molar-refractivity contribution in [2.24, 2.45) is 7.05 Å². The Kier molecular flexibility index (Phi) is 1.84. The van der Waals surface area contributed by atoms with Gasteiger partial charge < -0.3 is 10.2 Å². The van der Waals surface area contributed by atoms with Crippen LogP contribution in [0.3, 0.4) is 0 Å². The molecule has 2 rings (SSSR count). The maximum absolute atomic E-state index is 5.82. The van der Waals surface area contributed by atoms with Crippen molar-refractivity contribution in [3.05, 3.63) is 23.7 Å². The van der Waals surface area contributed by atoms with Crippen LogP contribution in [0.5, 0.6) is 0 Å². The molecule has 0 aromatic carbocycles. The van der Waals surface area contributed by atoms with Crippen molar-refractivity contribution in [1.29, 1.82) is 0 Å². The van der Waals surface area contributed by atoms with E-state index in [1.54, 1.807) is 10.9 Å². The van der Waals surface area contributed by atoms with E-state index in [4.69, 9.17) is 10.2 Å². The second-order valence-corrected chi connectivity index (χ2v) is 3.43. The third-order valence-corrected chi connectivity index (χ3v) is 2.34. The summed E-state index contributed by atoms with van der Waals surface area (Å²) in [6.45, 7) is 3.87. The number of furan rings is 1. The van der Waals surface area contributed by atoms with E-state index in [1.165, 1.54) is 0 Å². The van der Waals surface area contributed by atoms with Gasteiger partial charge in [-0.2, -0.15) is 5.10 Å². The zero-order valence-electron chi connectivity index (χ0n) is 8.53. The van der Waals surface area contributed by atoms with Crippen molar-refractivity contribution in [3.63, 3.8) is 0 Å². The number of aryl methyl sites for hydroxylation is 2. The Morgan fingerprint density at radius 1 is 1.43 bits per heavy atom.